The molecule has 0 saturated carbocycles. The Morgan fingerprint density at radius 1 is 1.73 bits per heavy atom. The van der Waals surface area contributed by atoms with Crippen LogP contribution in [-0.4, -0.2) is 47.0 Å². The quantitative estimate of drug-likeness (QED) is 0.764. The summed E-state index contributed by atoms with van der Waals surface area (Å²) in [4.78, 5) is 23.9. The third-order valence-electron chi connectivity index (χ3n) is 2.55. The van der Waals surface area contributed by atoms with Crippen LogP contribution in [0.1, 0.15) is 13.3 Å². The third-order valence-corrected chi connectivity index (χ3v) is 3.45. The number of carboxylic acid groups (broad SMARTS) is 1. The summed E-state index contributed by atoms with van der Waals surface area (Å²) in [5, 5.41) is 8.80. The van der Waals surface area contributed by atoms with Crippen LogP contribution < -0.4 is 0 Å². The van der Waals surface area contributed by atoms with Crippen molar-refractivity contribution in [3.8, 4) is 0 Å². The second kappa shape index (κ2) is 5.39. The molecule has 0 spiro atoms. The normalized spacial score (nSPS) is 23.2. The molecular formula is C10H17NO3S. The molecule has 1 fully saturated rings. The predicted molar refractivity (Wildman–Crippen MR) is 59.9 cm³/mol. The van der Waals surface area contributed by atoms with Crippen LogP contribution in [0, 0.1) is 11.8 Å². The third kappa shape index (κ3) is 3.41. The van der Waals surface area contributed by atoms with E-state index in [-0.39, 0.29) is 12.3 Å². The number of thioether (sulfide) groups is 1. The number of hydrogen-bond donors (Lipinski definition) is 1. The van der Waals surface area contributed by atoms with Gasteiger partial charge in [0, 0.05) is 19.5 Å². The maximum Gasteiger partial charge on any atom is 0.308 e. The van der Waals surface area contributed by atoms with Crippen molar-refractivity contribution in [2.75, 3.05) is 25.1 Å². The lowest BCUT2D eigenvalue weighted by atomic mass is 10.1. The minimum absolute atomic E-state index is 0.0182. The Bertz CT molecular complexity index is 257. The first-order valence-corrected chi connectivity index (χ1v) is 6.43. The van der Waals surface area contributed by atoms with Crippen molar-refractivity contribution < 1.29 is 14.7 Å². The van der Waals surface area contributed by atoms with Gasteiger partial charge in [-0.3, -0.25) is 9.59 Å². The van der Waals surface area contributed by atoms with Crippen molar-refractivity contribution in [1.82, 2.24) is 4.90 Å². The smallest absolute Gasteiger partial charge is 0.308 e. The number of likely N-dealkylation sites (tertiary alicyclic amines) is 1. The summed E-state index contributed by atoms with van der Waals surface area (Å²) >= 11 is 1.75. The van der Waals surface area contributed by atoms with Gasteiger partial charge in [-0.15, -0.1) is 0 Å². The molecule has 4 nitrogen and oxygen atoms in total. The first-order valence-electron chi connectivity index (χ1n) is 5.04. The van der Waals surface area contributed by atoms with E-state index in [0.29, 0.717) is 19.0 Å². The number of carbonyl (C=O) groups is 2. The molecule has 1 heterocycles. The Morgan fingerprint density at radius 3 is 2.87 bits per heavy atom. The van der Waals surface area contributed by atoms with Crippen molar-refractivity contribution in [3.63, 3.8) is 0 Å². The second-order valence-corrected chi connectivity index (χ2v) is 5.01. The van der Waals surface area contributed by atoms with Gasteiger partial charge in [-0.2, -0.15) is 11.8 Å². The lowest BCUT2D eigenvalue weighted by Gasteiger charge is -2.20. The first kappa shape index (κ1) is 12.4. The standard InChI is InChI=1S/C10H17NO3S/c1-7(6-15-2)4-11-5-8(10(13)14)3-9(11)12/h7-8H,3-6H2,1-2H3,(H,13,14). The van der Waals surface area contributed by atoms with Crippen molar-refractivity contribution in [3.05, 3.63) is 0 Å². The lowest BCUT2D eigenvalue weighted by molar-refractivity contribution is -0.141. The van der Waals surface area contributed by atoms with Gasteiger partial charge in [-0.05, 0) is 17.9 Å². The van der Waals surface area contributed by atoms with Gasteiger partial charge < -0.3 is 10.0 Å². The number of hydrogen-bond acceptors (Lipinski definition) is 3. The van der Waals surface area contributed by atoms with Crippen LogP contribution in [0.2, 0.25) is 0 Å². The van der Waals surface area contributed by atoms with E-state index < -0.39 is 11.9 Å². The van der Waals surface area contributed by atoms with Gasteiger partial charge in [0.2, 0.25) is 5.91 Å². The van der Waals surface area contributed by atoms with Crippen LogP contribution >= 0.6 is 11.8 Å². The zero-order valence-corrected chi connectivity index (χ0v) is 9.92. The fourth-order valence-electron chi connectivity index (χ4n) is 1.83. The molecule has 0 bridgehead atoms. The molecule has 15 heavy (non-hydrogen) atoms. The fraction of sp³-hybridized carbons (Fsp3) is 0.800. The largest absolute Gasteiger partial charge is 0.481 e. The molecule has 1 amide bonds. The summed E-state index contributed by atoms with van der Waals surface area (Å²) in [5.41, 5.74) is 0. The monoisotopic (exact) mass is 231 g/mol. The highest BCUT2D eigenvalue weighted by atomic mass is 32.2. The SMILES string of the molecule is CSCC(C)CN1CC(C(=O)O)CC1=O. The predicted octanol–water partition coefficient (Wildman–Crippen LogP) is 0.919. The highest BCUT2D eigenvalue weighted by molar-refractivity contribution is 7.98. The molecule has 2 unspecified atom stereocenters. The Kier molecular flexibility index (Phi) is 4.45. The van der Waals surface area contributed by atoms with E-state index in [4.69, 9.17) is 5.11 Å². The molecule has 0 aromatic heterocycles. The Hall–Kier alpha value is -0.710. The average Bonchev–Trinajstić information content (AvgIpc) is 2.48. The molecule has 86 valence electrons. The summed E-state index contributed by atoms with van der Waals surface area (Å²) in [7, 11) is 0. The van der Waals surface area contributed by atoms with Crippen LogP contribution in [-0.2, 0) is 9.59 Å². The van der Waals surface area contributed by atoms with Crippen molar-refractivity contribution >= 4 is 23.6 Å². The minimum Gasteiger partial charge on any atom is -0.481 e. The van der Waals surface area contributed by atoms with Crippen molar-refractivity contribution in [2.45, 2.75) is 13.3 Å². The van der Waals surface area contributed by atoms with Crippen molar-refractivity contribution in [2.24, 2.45) is 11.8 Å². The zero-order valence-electron chi connectivity index (χ0n) is 9.10. The van der Waals surface area contributed by atoms with Crippen LogP contribution in [0.4, 0.5) is 0 Å². The fourth-order valence-corrected chi connectivity index (χ4v) is 2.50. The number of aliphatic carboxylic acids is 1. The summed E-state index contributed by atoms with van der Waals surface area (Å²) in [6.45, 7) is 3.15. The summed E-state index contributed by atoms with van der Waals surface area (Å²) in [6, 6.07) is 0. The molecule has 0 aliphatic carbocycles. The molecule has 1 saturated heterocycles. The Morgan fingerprint density at radius 2 is 2.40 bits per heavy atom. The molecule has 5 heteroatoms. The maximum atomic E-state index is 11.5. The van der Waals surface area contributed by atoms with Gasteiger partial charge in [-0.1, -0.05) is 6.92 Å². The van der Waals surface area contributed by atoms with Gasteiger partial charge in [0.05, 0.1) is 5.92 Å². The van der Waals surface area contributed by atoms with Crippen LogP contribution in [0.5, 0.6) is 0 Å². The number of carboxylic acids is 1. The second-order valence-electron chi connectivity index (χ2n) is 4.10. The van der Waals surface area contributed by atoms with Crippen LogP contribution in [0.3, 0.4) is 0 Å². The van der Waals surface area contributed by atoms with Crippen molar-refractivity contribution in [1.29, 1.82) is 0 Å². The van der Waals surface area contributed by atoms with E-state index in [1.807, 2.05) is 6.26 Å². The van der Waals surface area contributed by atoms with E-state index in [9.17, 15) is 9.59 Å². The molecule has 0 aromatic rings. The first-order chi connectivity index (χ1) is 7.04. The summed E-state index contributed by atoms with van der Waals surface area (Å²) < 4.78 is 0. The molecule has 1 rings (SSSR count). The molecule has 1 N–H and O–H groups in total. The Labute approximate surface area is 94.0 Å². The summed E-state index contributed by atoms with van der Waals surface area (Å²) in [5.74, 6) is 0.0517. The van der Waals surface area contributed by atoms with E-state index in [1.165, 1.54) is 0 Å². The maximum absolute atomic E-state index is 11.5. The number of nitrogens with zero attached hydrogens (tertiary/aromatic N) is 1. The lowest BCUT2D eigenvalue weighted by Crippen LogP contribution is -2.31. The van der Waals surface area contributed by atoms with E-state index in [1.54, 1.807) is 16.7 Å². The van der Waals surface area contributed by atoms with E-state index >= 15 is 0 Å². The van der Waals surface area contributed by atoms with Gasteiger partial charge >= 0.3 is 5.97 Å². The van der Waals surface area contributed by atoms with Crippen LogP contribution in [0.25, 0.3) is 0 Å². The number of amides is 1. The highest BCUT2D eigenvalue weighted by Gasteiger charge is 2.34. The topological polar surface area (TPSA) is 57.6 Å². The molecule has 0 aromatic carbocycles. The van der Waals surface area contributed by atoms with E-state index in [2.05, 4.69) is 6.92 Å². The van der Waals surface area contributed by atoms with Gasteiger partial charge in [0.15, 0.2) is 0 Å². The highest BCUT2D eigenvalue weighted by Crippen LogP contribution is 2.19. The minimum atomic E-state index is -0.858. The van der Waals surface area contributed by atoms with Gasteiger partial charge in [0.1, 0.15) is 0 Å². The number of carbonyl (C=O) groups excluding carboxylic acids is 1. The molecule has 1 aliphatic heterocycles. The Balaban J connectivity index is 2.43. The molecule has 0 radical (unpaired) electrons. The number of rotatable bonds is 5. The van der Waals surface area contributed by atoms with Gasteiger partial charge in [-0.25, -0.2) is 0 Å². The summed E-state index contributed by atoms with van der Waals surface area (Å²) in [6.07, 6.45) is 2.20. The average molecular weight is 231 g/mol. The molecular weight excluding hydrogens is 214 g/mol. The van der Waals surface area contributed by atoms with E-state index in [0.717, 1.165) is 5.75 Å². The molecule has 1 aliphatic rings. The zero-order chi connectivity index (χ0) is 11.4. The van der Waals surface area contributed by atoms with Gasteiger partial charge in [0.25, 0.3) is 0 Å². The van der Waals surface area contributed by atoms with Crippen LogP contribution in [0.15, 0.2) is 0 Å². The molecule has 2 atom stereocenters.